The van der Waals surface area contributed by atoms with E-state index in [2.05, 4.69) is 336 Å². The highest BCUT2D eigenvalue weighted by Gasteiger charge is 2.36. The zero-order chi connectivity index (χ0) is 89.3. The van der Waals surface area contributed by atoms with Crippen molar-refractivity contribution in [1.82, 2.24) is 0 Å². The second-order valence-corrected chi connectivity index (χ2v) is 75.1. The summed E-state index contributed by atoms with van der Waals surface area (Å²) in [5.74, 6) is 11.7. The van der Waals surface area contributed by atoms with Gasteiger partial charge in [-0.2, -0.15) is 0 Å². The quantitative estimate of drug-likeness (QED) is 0.0590. The zero-order valence-corrected chi connectivity index (χ0v) is 92.0. The van der Waals surface area contributed by atoms with Gasteiger partial charge in [-0.15, -0.1) is 0 Å². The van der Waals surface area contributed by atoms with Crippen LogP contribution in [0.15, 0.2) is 184 Å². The van der Waals surface area contributed by atoms with Crippen molar-refractivity contribution in [2.75, 3.05) is 0 Å². The summed E-state index contributed by atoms with van der Waals surface area (Å²) in [6.45, 7) is 94.3. The van der Waals surface area contributed by atoms with Gasteiger partial charge in [-0.05, 0) is 346 Å². The van der Waals surface area contributed by atoms with E-state index in [1.165, 1.54) is 127 Å². The molecule has 3 atom stereocenters. The summed E-state index contributed by atoms with van der Waals surface area (Å²) in [7, 11) is -11.4. The van der Waals surface area contributed by atoms with E-state index in [0.29, 0.717) is 17.8 Å². The van der Waals surface area contributed by atoms with Gasteiger partial charge in [-0.3, -0.25) is 0 Å². The van der Waals surface area contributed by atoms with Crippen LogP contribution >= 0.6 is 0 Å². The Labute approximate surface area is 728 Å². The maximum absolute atomic E-state index is 6.45. The molecule has 0 bridgehead atoms. The van der Waals surface area contributed by atoms with Crippen LogP contribution in [0.5, 0.6) is 0 Å². The highest BCUT2D eigenvalue weighted by atomic mass is 28.4. The molecule has 8 aliphatic rings. The van der Waals surface area contributed by atoms with Crippen LogP contribution < -0.4 is 0 Å². The van der Waals surface area contributed by atoms with Crippen LogP contribution in [0.3, 0.4) is 0 Å². The van der Waals surface area contributed by atoms with Crippen molar-refractivity contribution in [3.63, 3.8) is 0 Å². The molecule has 8 rings (SSSR count). The molecule has 3 unspecified atom stereocenters. The molecular weight excluding hydrogens is 1550 g/mol. The highest BCUT2D eigenvalue weighted by molar-refractivity contribution is 6.72. The third kappa shape index (κ3) is 39.9. The number of hydrogen-bond acceptors (Lipinski definition) is 8. The predicted molar refractivity (Wildman–Crippen MR) is 536 cm³/mol. The fraction of sp³-hybridized carbons (Fsp3) is 0.680. The van der Waals surface area contributed by atoms with Crippen molar-refractivity contribution in [2.45, 2.75) is 429 Å². The van der Waals surface area contributed by atoms with Gasteiger partial charge >= 0.3 is 0 Å². The van der Waals surface area contributed by atoms with Crippen LogP contribution in [-0.2, 0) is 35.4 Å². The van der Waals surface area contributed by atoms with Gasteiger partial charge in [0, 0.05) is 49.9 Å². The Morgan fingerprint density at radius 3 is 1.16 bits per heavy atom. The van der Waals surface area contributed by atoms with E-state index < -0.39 is 66.5 Å². The SMILES string of the molecule is CCC1=C(CC)C(CC)=C(O[Si](C)(C)C)C1.CCC1=C(CC)C(CC)C(O[Si](C)(C)C)=C1CC.CCC1=C(O[Si](C)(C)C)C(CC)C=C1.CCC1=C(O[Si](C)(C)C)CC=C1.CCC1=CC(CC)=C(O[Si](C)(C)C)C1.CCC1=CC(CC)C(O[Si](C)(C)C)=C1CC.CCC1=CCC(O[Si](C)(C)C)=C1.CCC1=CCC(O[Si](C)(C)C)=C1CC. The van der Waals surface area contributed by atoms with Crippen LogP contribution in [-0.4, -0.2) is 66.5 Å². The largest absolute Gasteiger partial charge is 0.547 e. The van der Waals surface area contributed by atoms with Crippen molar-refractivity contribution in [3.05, 3.63) is 184 Å². The molecule has 0 N–H and O–H groups in total. The molecule has 8 aliphatic carbocycles. The average molecular weight is 1740 g/mol. The molecule has 0 spiro atoms. The first-order valence-corrected chi connectivity index (χ1v) is 73.8. The molecule has 116 heavy (non-hydrogen) atoms. The fourth-order valence-electron chi connectivity index (χ4n) is 15.8. The predicted octanol–water partition coefficient (Wildman–Crippen LogP) is 35.1. The van der Waals surface area contributed by atoms with E-state index in [-0.39, 0.29) is 0 Å². The Hall–Kier alpha value is -4.02. The molecule has 0 saturated carbocycles. The van der Waals surface area contributed by atoms with Crippen LogP contribution in [0, 0.1) is 17.8 Å². The van der Waals surface area contributed by atoms with Gasteiger partial charge in [0.2, 0.25) is 66.5 Å². The first-order chi connectivity index (χ1) is 53.7. The molecule has 0 heterocycles. The minimum Gasteiger partial charge on any atom is -0.547 e. The van der Waals surface area contributed by atoms with Crippen LogP contribution in [0.4, 0.5) is 0 Å². The summed E-state index contributed by atoms with van der Waals surface area (Å²) >= 11 is 0. The Morgan fingerprint density at radius 1 is 0.293 bits per heavy atom. The summed E-state index contributed by atoms with van der Waals surface area (Å²) in [5.41, 5.74) is 22.6. The van der Waals surface area contributed by atoms with Crippen molar-refractivity contribution in [2.24, 2.45) is 17.8 Å². The topological polar surface area (TPSA) is 73.8 Å². The van der Waals surface area contributed by atoms with Crippen molar-refractivity contribution in [1.29, 1.82) is 0 Å². The lowest BCUT2D eigenvalue weighted by molar-refractivity contribution is 0.355. The summed E-state index contributed by atoms with van der Waals surface area (Å²) in [6, 6.07) is 0. The molecule has 664 valence electrons. The van der Waals surface area contributed by atoms with Gasteiger partial charge < -0.3 is 35.4 Å². The third-order valence-electron chi connectivity index (χ3n) is 20.6. The van der Waals surface area contributed by atoms with Crippen molar-refractivity contribution in [3.8, 4) is 0 Å². The van der Waals surface area contributed by atoms with E-state index in [1.807, 2.05) is 0 Å². The van der Waals surface area contributed by atoms with E-state index in [0.717, 1.165) is 128 Å². The molecule has 0 aromatic carbocycles. The third-order valence-corrected chi connectivity index (χ3v) is 27.4. The summed E-state index contributed by atoms with van der Waals surface area (Å²) in [4.78, 5) is 0. The molecule has 0 aromatic rings. The Bertz CT molecular complexity index is 3630. The maximum atomic E-state index is 6.45. The number of rotatable bonds is 34. The lowest BCUT2D eigenvalue weighted by Gasteiger charge is -2.26. The number of hydrogen-bond donors (Lipinski definition) is 0. The van der Waals surface area contributed by atoms with E-state index in [4.69, 9.17) is 35.4 Å². The Kier molecular flexibility index (Phi) is 48.5. The average Bonchev–Trinajstić information content (AvgIpc) is 1.63. The zero-order valence-electron chi connectivity index (χ0n) is 84.0. The van der Waals surface area contributed by atoms with Crippen molar-refractivity contribution >= 4 is 66.5 Å². The standard InChI is InChI=1S/C16H30OSi.2C14H26OSi.3C12H22OSi.2C10H18OSi/c1-8-12-13(9-2)15(11-4)16(14(12)10-3)17-18(5,6)7;1-7-11-10-14(15-16(4,5)6)13(9-3)12(11)8-2;1-7-11-10-12(8-2)14(13(11)9-3)15-16(4,5)6;1-6-10-8-11(7-2)12(9-10)13-14(3,4)5;1-6-10-8-9-12(11(10)7-2)13-14(3,4)5;1-6-10-8-9-11(7-2)12(10)13-14(3,4)5;1-5-9-6-7-10(8-9)11-12(2,3)4;1-5-9-7-6-8-10(9)11-12(2,3)4/h14H,8-11H2,1-7H3;7-10H2,1-6H3;10,12H,7-9H2,1-6H3;2*8H,6-7,9H2,1-5H3;8-10H,6-7H2,1-5H3;6,8H,5,7H2,1-4H3;6-7H,5,8H2,1-4H3. The second kappa shape index (κ2) is 51.2. The molecule has 8 nitrogen and oxygen atoms in total. The van der Waals surface area contributed by atoms with Gasteiger partial charge in [0.15, 0.2) is 0 Å². The molecule has 0 aliphatic heterocycles. The minimum absolute atomic E-state index is 0.539. The smallest absolute Gasteiger partial charge is 0.241 e. The number of allylic oxidation sites excluding steroid dienone is 24. The monoisotopic (exact) mass is 1740 g/mol. The van der Waals surface area contributed by atoms with E-state index in [9.17, 15) is 0 Å². The molecule has 0 aromatic heterocycles. The van der Waals surface area contributed by atoms with Crippen LogP contribution in [0.25, 0.3) is 0 Å². The summed E-state index contributed by atoms with van der Waals surface area (Å²) in [5, 5.41) is 0. The van der Waals surface area contributed by atoms with E-state index in [1.54, 1.807) is 22.3 Å². The Balaban J connectivity index is 0.000000665. The lowest BCUT2D eigenvalue weighted by atomic mass is 9.94. The van der Waals surface area contributed by atoms with Gasteiger partial charge in [0.05, 0.1) is 46.1 Å². The fourth-order valence-corrected chi connectivity index (χ4v) is 23.3. The first-order valence-electron chi connectivity index (χ1n) is 46.6. The molecule has 0 saturated heterocycles. The van der Waals surface area contributed by atoms with Gasteiger partial charge in [-0.1, -0.05) is 190 Å². The molecular formula is C100H184O8Si8. The maximum Gasteiger partial charge on any atom is 0.241 e. The Morgan fingerprint density at radius 2 is 0.750 bits per heavy atom. The van der Waals surface area contributed by atoms with Crippen LogP contribution in [0.1, 0.15) is 272 Å². The van der Waals surface area contributed by atoms with Gasteiger partial charge in [0.25, 0.3) is 0 Å². The first kappa shape index (κ1) is 110. The normalized spacial score (nSPS) is 19.0. The molecule has 16 heteroatoms. The summed E-state index contributed by atoms with van der Waals surface area (Å²) < 4.78 is 49.2. The van der Waals surface area contributed by atoms with E-state index >= 15 is 0 Å². The second-order valence-electron chi connectivity index (χ2n) is 39.7. The summed E-state index contributed by atoms with van der Waals surface area (Å²) in [6.07, 6.45) is 46.0. The van der Waals surface area contributed by atoms with Gasteiger partial charge in [0.1, 0.15) is 0 Å². The van der Waals surface area contributed by atoms with Gasteiger partial charge in [-0.25, -0.2) is 0 Å². The van der Waals surface area contributed by atoms with Crippen LogP contribution in [0.2, 0.25) is 157 Å². The molecule has 0 fully saturated rings. The van der Waals surface area contributed by atoms with Crippen molar-refractivity contribution < 1.29 is 35.4 Å². The highest BCUT2D eigenvalue weighted by Crippen LogP contribution is 2.46. The molecule has 0 radical (unpaired) electrons. The molecule has 0 amide bonds. The minimum atomic E-state index is -1.51. The lowest BCUT2D eigenvalue weighted by Crippen LogP contribution is -2.27.